The van der Waals surface area contributed by atoms with Crippen molar-refractivity contribution in [1.29, 1.82) is 0 Å². The summed E-state index contributed by atoms with van der Waals surface area (Å²) < 4.78 is 28.5. The summed E-state index contributed by atoms with van der Waals surface area (Å²) in [7, 11) is -3.61. The summed E-state index contributed by atoms with van der Waals surface area (Å²) in [6, 6.07) is 3.67. The molecular formula is C17H23N5O3S. The lowest BCUT2D eigenvalue weighted by Gasteiger charge is -2.29. The van der Waals surface area contributed by atoms with Crippen molar-refractivity contribution in [2.24, 2.45) is 5.92 Å². The van der Waals surface area contributed by atoms with Crippen molar-refractivity contribution < 1.29 is 13.2 Å². The Morgan fingerprint density at radius 1 is 1.31 bits per heavy atom. The maximum atomic E-state index is 12.7. The number of aromatic nitrogens is 3. The van der Waals surface area contributed by atoms with Gasteiger partial charge >= 0.3 is 0 Å². The predicted molar refractivity (Wildman–Crippen MR) is 97.0 cm³/mol. The number of sulfonamides is 1. The zero-order chi connectivity index (χ0) is 18.7. The van der Waals surface area contributed by atoms with E-state index in [1.54, 1.807) is 10.8 Å². The van der Waals surface area contributed by atoms with Crippen molar-refractivity contribution in [3.8, 4) is 0 Å². The van der Waals surface area contributed by atoms with Gasteiger partial charge in [-0.15, -0.1) is 0 Å². The molecule has 1 aliphatic heterocycles. The van der Waals surface area contributed by atoms with Crippen LogP contribution in [0, 0.1) is 12.8 Å². The molecule has 0 bridgehead atoms. The average molecular weight is 377 g/mol. The summed E-state index contributed by atoms with van der Waals surface area (Å²) in [5.41, 5.74) is 1.02. The van der Waals surface area contributed by atoms with Crippen molar-refractivity contribution in [1.82, 2.24) is 18.8 Å². The van der Waals surface area contributed by atoms with E-state index in [1.807, 2.05) is 26.0 Å². The van der Waals surface area contributed by atoms with Crippen LogP contribution >= 0.6 is 0 Å². The molecule has 0 radical (unpaired) electrons. The van der Waals surface area contributed by atoms with Crippen LogP contribution in [-0.4, -0.2) is 46.3 Å². The number of anilines is 1. The lowest BCUT2D eigenvalue weighted by Crippen LogP contribution is -2.41. The third-order valence-corrected chi connectivity index (χ3v) is 6.35. The minimum Gasteiger partial charge on any atom is -0.336 e. The van der Waals surface area contributed by atoms with Crippen molar-refractivity contribution >= 4 is 21.7 Å². The third kappa shape index (κ3) is 3.94. The number of pyridine rings is 1. The normalized spacial score (nSPS) is 16.5. The quantitative estimate of drug-likeness (QED) is 0.854. The molecule has 1 fully saturated rings. The summed E-state index contributed by atoms with van der Waals surface area (Å²) >= 11 is 0. The van der Waals surface area contributed by atoms with Crippen molar-refractivity contribution in [2.75, 3.05) is 18.4 Å². The van der Waals surface area contributed by atoms with Gasteiger partial charge in [0, 0.05) is 37.9 Å². The molecule has 0 aliphatic carbocycles. The molecule has 3 heterocycles. The zero-order valence-electron chi connectivity index (χ0n) is 14.9. The topological polar surface area (TPSA) is 97.2 Å². The number of carbonyl (C=O) groups is 1. The first-order chi connectivity index (χ1) is 12.4. The van der Waals surface area contributed by atoms with E-state index in [9.17, 15) is 13.2 Å². The molecule has 1 N–H and O–H groups in total. The van der Waals surface area contributed by atoms with Crippen molar-refractivity contribution in [3.05, 3.63) is 36.4 Å². The molecule has 2 aromatic heterocycles. The molecule has 0 atom stereocenters. The Balaban J connectivity index is 1.60. The second kappa shape index (κ2) is 7.55. The molecule has 0 aromatic carbocycles. The molecule has 140 valence electrons. The lowest BCUT2D eigenvalue weighted by molar-refractivity contribution is -0.120. The molecule has 0 unspecified atom stereocenters. The fourth-order valence-electron chi connectivity index (χ4n) is 2.97. The Morgan fingerprint density at radius 2 is 2.04 bits per heavy atom. The Bertz CT molecular complexity index is 885. The van der Waals surface area contributed by atoms with E-state index in [1.165, 1.54) is 16.8 Å². The lowest BCUT2D eigenvalue weighted by atomic mass is 9.97. The standard InChI is InChI=1S/C17H23N5O3S/c1-3-21-11-16(19-12-21)26(24,25)22-8-5-14(6-9-22)17(23)20-15-10-13(2)4-7-18-15/h4,7,10-12,14H,3,5-6,8-9H2,1-2H3,(H,18,20,23). The highest BCUT2D eigenvalue weighted by Crippen LogP contribution is 2.24. The fraction of sp³-hybridized carbons (Fsp3) is 0.471. The molecule has 2 aromatic rings. The van der Waals surface area contributed by atoms with E-state index < -0.39 is 10.0 Å². The zero-order valence-corrected chi connectivity index (χ0v) is 15.7. The van der Waals surface area contributed by atoms with Crippen LogP contribution in [0.1, 0.15) is 25.3 Å². The van der Waals surface area contributed by atoms with Gasteiger partial charge < -0.3 is 9.88 Å². The molecule has 0 saturated carbocycles. The van der Waals surface area contributed by atoms with Gasteiger partial charge in [-0.1, -0.05) is 0 Å². The van der Waals surface area contributed by atoms with Crippen LogP contribution in [-0.2, 0) is 21.4 Å². The van der Waals surface area contributed by atoms with E-state index in [0.717, 1.165) is 5.56 Å². The van der Waals surface area contributed by atoms with Gasteiger partial charge in [0.15, 0.2) is 5.03 Å². The maximum absolute atomic E-state index is 12.7. The van der Waals surface area contributed by atoms with Crippen LogP contribution in [0.2, 0.25) is 0 Å². The molecule has 0 spiro atoms. The monoisotopic (exact) mass is 377 g/mol. The van der Waals surface area contributed by atoms with E-state index >= 15 is 0 Å². The van der Waals surface area contributed by atoms with Gasteiger partial charge in [0.2, 0.25) is 5.91 Å². The molecule has 3 rings (SSSR count). The minimum absolute atomic E-state index is 0.0613. The summed E-state index contributed by atoms with van der Waals surface area (Å²) in [6.45, 7) is 5.13. The molecule has 1 saturated heterocycles. The minimum atomic E-state index is -3.61. The number of carbonyl (C=O) groups excluding carboxylic acids is 1. The average Bonchev–Trinajstić information content (AvgIpc) is 3.12. The molecule has 1 aliphatic rings. The number of nitrogens with zero attached hydrogens (tertiary/aromatic N) is 4. The maximum Gasteiger partial charge on any atom is 0.262 e. The van der Waals surface area contributed by atoms with Crippen molar-refractivity contribution in [3.63, 3.8) is 0 Å². The number of nitrogens with one attached hydrogen (secondary N) is 1. The first kappa shape index (κ1) is 18.5. The van der Waals surface area contributed by atoms with E-state index in [2.05, 4.69) is 15.3 Å². The van der Waals surface area contributed by atoms with Gasteiger partial charge in [-0.2, -0.15) is 4.31 Å². The van der Waals surface area contributed by atoms with E-state index in [-0.39, 0.29) is 16.9 Å². The summed E-state index contributed by atoms with van der Waals surface area (Å²) in [5.74, 6) is 0.183. The number of aryl methyl sites for hydroxylation is 2. The molecule has 1 amide bonds. The first-order valence-corrected chi connectivity index (χ1v) is 10.1. The van der Waals surface area contributed by atoms with Gasteiger partial charge in [-0.05, 0) is 44.4 Å². The second-order valence-electron chi connectivity index (χ2n) is 6.43. The van der Waals surface area contributed by atoms with Gasteiger partial charge in [-0.25, -0.2) is 18.4 Å². The van der Waals surface area contributed by atoms with Gasteiger partial charge in [0.1, 0.15) is 5.82 Å². The van der Waals surface area contributed by atoms with Gasteiger partial charge in [0.05, 0.1) is 6.33 Å². The third-order valence-electron chi connectivity index (χ3n) is 4.57. The second-order valence-corrected chi connectivity index (χ2v) is 8.31. The highest BCUT2D eigenvalue weighted by Gasteiger charge is 2.33. The summed E-state index contributed by atoms with van der Waals surface area (Å²) in [5, 5.41) is 2.88. The van der Waals surface area contributed by atoms with Crippen LogP contribution in [0.4, 0.5) is 5.82 Å². The SMILES string of the molecule is CCn1cnc(S(=O)(=O)N2CCC(C(=O)Nc3cc(C)ccn3)CC2)c1. The van der Waals surface area contributed by atoms with Gasteiger partial charge in [0.25, 0.3) is 10.0 Å². The predicted octanol–water partition coefficient (Wildman–Crippen LogP) is 1.65. The molecule has 9 heteroatoms. The van der Waals surface area contributed by atoms with Crippen LogP contribution < -0.4 is 5.32 Å². The number of hydrogen-bond donors (Lipinski definition) is 1. The largest absolute Gasteiger partial charge is 0.336 e. The fourth-order valence-corrected chi connectivity index (χ4v) is 4.37. The van der Waals surface area contributed by atoms with Crippen LogP contribution in [0.5, 0.6) is 0 Å². The van der Waals surface area contributed by atoms with Crippen LogP contribution in [0.25, 0.3) is 0 Å². The Kier molecular flexibility index (Phi) is 5.38. The highest BCUT2D eigenvalue weighted by molar-refractivity contribution is 7.89. The number of hydrogen-bond acceptors (Lipinski definition) is 5. The Hall–Kier alpha value is -2.26. The Morgan fingerprint density at radius 3 is 2.65 bits per heavy atom. The molecule has 26 heavy (non-hydrogen) atoms. The van der Waals surface area contributed by atoms with Gasteiger partial charge in [-0.3, -0.25) is 4.79 Å². The molecule has 8 nitrogen and oxygen atoms in total. The number of piperidine rings is 1. The summed E-state index contributed by atoms with van der Waals surface area (Å²) in [4.78, 5) is 20.5. The molecular weight excluding hydrogens is 354 g/mol. The number of imidazole rings is 1. The number of amides is 1. The van der Waals surface area contributed by atoms with E-state index in [0.29, 0.717) is 38.3 Å². The van der Waals surface area contributed by atoms with E-state index in [4.69, 9.17) is 0 Å². The first-order valence-electron chi connectivity index (χ1n) is 8.65. The van der Waals surface area contributed by atoms with Crippen molar-refractivity contribution in [2.45, 2.75) is 38.3 Å². The summed E-state index contributed by atoms with van der Waals surface area (Å²) in [6.07, 6.45) is 5.66. The van der Waals surface area contributed by atoms with Crippen LogP contribution in [0.15, 0.2) is 35.9 Å². The number of rotatable bonds is 5. The Labute approximate surface area is 153 Å². The highest BCUT2D eigenvalue weighted by atomic mass is 32.2. The smallest absolute Gasteiger partial charge is 0.262 e. The van der Waals surface area contributed by atoms with Crippen LogP contribution in [0.3, 0.4) is 0 Å².